The molecule has 0 aliphatic carbocycles. The minimum atomic E-state index is -0.856. The molecule has 3 aromatic heterocycles. The van der Waals surface area contributed by atoms with Crippen LogP contribution >= 0.6 is 0 Å². The molecule has 4 heterocycles. The van der Waals surface area contributed by atoms with E-state index in [2.05, 4.69) is 30.7 Å². The zero-order valence-electron chi connectivity index (χ0n) is 24.7. The van der Waals surface area contributed by atoms with E-state index in [1.54, 1.807) is 48.2 Å². The zero-order chi connectivity index (χ0) is 30.8. The van der Waals surface area contributed by atoms with E-state index in [9.17, 15) is 9.18 Å². The fourth-order valence-electron chi connectivity index (χ4n) is 5.18. The highest BCUT2D eigenvalue weighted by atomic mass is 19.1. The highest BCUT2D eigenvalue weighted by Gasteiger charge is 2.22. The van der Waals surface area contributed by atoms with E-state index >= 15 is 0 Å². The summed E-state index contributed by atoms with van der Waals surface area (Å²) in [6.07, 6.45) is 7.79. The standard InChI is InChI=1S/C31H31FN8O4/c1-18-10-24(28(43-4)15-26(18)44-20-7-9-40-29(12-20)34-17-36-40)37-30-21-13-25(27(42-3)14-23(21)33-16-35-30)38-31(41)22(32)11-19-6-5-8-39(19)2/h7,9-17,19H,5-6,8H2,1-4H3,(H,38,41)(H,33,35,37)/b22-11+/t19-/m0/s1. The van der Waals surface area contributed by atoms with Gasteiger partial charge >= 0.3 is 0 Å². The number of nitrogens with one attached hydrogen (secondary N) is 2. The monoisotopic (exact) mass is 598 g/mol. The quantitative estimate of drug-likeness (QED) is 0.212. The highest BCUT2D eigenvalue weighted by molar-refractivity contribution is 6.05. The number of methoxy groups -OCH3 is 2. The lowest BCUT2D eigenvalue weighted by atomic mass is 10.1. The highest BCUT2D eigenvalue weighted by Crippen LogP contribution is 2.39. The first-order valence-corrected chi connectivity index (χ1v) is 14.0. The minimum absolute atomic E-state index is 0.115. The number of benzene rings is 2. The van der Waals surface area contributed by atoms with Crippen LogP contribution in [0.15, 0.2) is 67.2 Å². The van der Waals surface area contributed by atoms with E-state index in [0.29, 0.717) is 51.1 Å². The van der Waals surface area contributed by atoms with Gasteiger partial charge in [-0.2, -0.15) is 5.10 Å². The predicted molar refractivity (Wildman–Crippen MR) is 164 cm³/mol. The number of carbonyl (C=O) groups is 1. The van der Waals surface area contributed by atoms with Gasteiger partial charge in [-0.15, -0.1) is 0 Å². The molecule has 1 aliphatic heterocycles. The summed E-state index contributed by atoms with van der Waals surface area (Å²) in [6, 6.07) is 10.4. The van der Waals surface area contributed by atoms with Crippen molar-refractivity contribution in [2.24, 2.45) is 0 Å². The first-order chi connectivity index (χ1) is 21.3. The van der Waals surface area contributed by atoms with E-state index < -0.39 is 11.7 Å². The molecule has 0 bridgehead atoms. The molecule has 5 aromatic rings. The zero-order valence-corrected chi connectivity index (χ0v) is 24.7. The average molecular weight is 599 g/mol. The third-order valence-corrected chi connectivity index (χ3v) is 7.57. The van der Waals surface area contributed by atoms with Crippen LogP contribution in [0.25, 0.3) is 16.6 Å². The maximum Gasteiger partial charge on any atom is 0.284 e. The molecule has 0 radical (unpaired) electrons. The smallest absolute Gasteiger partial charge is 0.284 e. The van der Waals surface area contributed by atoms with Crippen LogP contribution in [0.4, 0.5) is 21.6 Å². The Morgan fingerprint density at radius 2 is 1.84 bits per heavy atom. The summed E-state index contributed by atoms with van der Waals surface area (Å²) < 4.78 is 33.8. The molecular formula is C31H31FN8O4. The van der Waals surface area contributed by atoms with Crippen LogP contribution in [0.1, 0.15) is 18.4 Å². The largest absolute Gasteiger partial charge is 0.494 e. The lowest BCUT2D eigenvalue weighted by molar-refractivity contribution is -0.114. The van der Waals surface area contributed by atoms with Crippen LogP contribution in [-0.4, -0.2) is 69.2 Å². The molecule has 1 fully saturated rings. The number of hydrogen-bond donors (Lipinski definition) is 2. The number of aromatic nitrogens is 5. The first kappa shape index (κ1) is 28.8. The molecule has 226 valence electrons. The van der Waals surface area contributed by atoms with Gasteiger partial charge in [0.05, 0.1) is 31.1 Å². The van der Waals surface area contributed by atoms with Crippen LogP contribution in [0, 0.1) is 6.92 Å². The van der Waals surface area contributed by atoms with Crippen molar-refractivity contribution in [2.75, 3.05) is 38.4 Å². The number of nitrogens with zero attached hydrogens (tertiary/aromatic N) is 6. The average Bonchev–Trinajstić information content (AvgIpc) is 3.66. The van der Waals surface area contributed by atoms with Gasteiger partial charge in [-0.1, -0.05) is 0 Å². The minimum Gasteiger partial charge on any atom is -0.494 e. The number of halogens is 1. The number of fused-ring (bicyclic) bond motifs is 2. The Balaban J connectivity index is 1.28. The summed E-state index contributed by atoms with van der Waals surface area (Å²) in [5.74, 6) is 0.774. The molecule has 0 saturated carbocycles. The van der Waals surface area contributed by atoms with E-state index in [4.69, 9.17) is 14.2 Å². The van der Waals surface area contributed by atoms with Gasteiger partial charge in [-0.3, -0.25) is 9.69 Å². The summed E-state index contributed by atoms with van der Waals surface area (Å²) in [4.78, 5) is 27.8. The Labute approximate surface area is 252 Å². The third-order valence-electron chi connectivity index (χ3n) is 7.57. The van der Waals surface area contributed by atoms with E-state index in [1.165, 1.54) is 25.8 Å². The van der Waals surface area contributed by atoms with Gasteiger partial charge in [0, 0.05) is 35.8 Å². The van der Waals surface area contributed by atoms with Crippen molar-refractivity contribution < 1.29 is 23.4 Å². The number of hydrogen-bond acceptors (Lipinski definition) is 10. The molecule has 1 amide bonds. The number of ether oxygens (including phenoxy) is 3. The van der Waals surface area contributed by atoms with Crippen LogP contribution in [0.3, 0.4) is 0 Å². The number of aryl methyl sites for hydroxylation is 1. The lowest BCUT2D eigenvalue weighted by Crippen LogP contribution is -2.24. The number of likely N-dealkylation sites (tertiary alicyclic amines) is 1. The molecule has 0 unspecified atom stereocenters. The molecule has 13 heteroatoms. The fourth-order valence-corrected chi connectivity index (χ4v) is 5.18. The predicted octanol–water partition coefficient (Wildman–Crippen LogP) is 5.42. The Kier molecular flexibility index (Phi) is 7.94. The summed E-state index contributed by atoms with van der Waals surface area (Å²) >= 11 is 0. The number of pyridine rings is 1. The summed E-state index contributed by atoms with van der Waals surface area (Å²) in [5, 5.41) is 10.6. The second kappa shape index (κ2) is 12.1. The third kappa shape index (κ3) is 5.81. The van der Waals surface area contributed by atoms with Crippen molar-refractivity contribution in [3.8, 4) is 23.0 Å². The molecule has 6 rings (SSSR count). The van der Waals surface area contributed by atoms with Gasteiger partial charge in [0.2, 0.25) is 0 Å². The Morgan fingerprint density at radius 1 is 1.02 bits per heavy atom. The molecule has 1 atom stereocenters. The molecule has 0 spiro atoms. The number of likely N-dealkylation sites (N-methyl/N-ethyl adjacent to an activating group) is 1. The summed E-state index contributed by atoms with van der Waals surface area (Å²) in [6.45, 7) is 2.78. The topological polar surface area (TPSA) is 128 Å². The second-order valence-electron chi connectivity index (χ2n) is 10.4. The number of amides is 1. The first-order valence-electron chi connectivity index (χ1n) is 14.0. The van der Waals surface area contributed by atoms with Crippen LogP contribution in [0.5, 0.6) is 23.0 Å². The Hall–Kier alpha value is -5.30. The Bertz CT molecular complexity index is 1890. The van der Waals surface area contributed by atoms with Gasteiger partial charge in [0.25, 0.3) is 5.91 Å². The number of rotatable bonds is 9. The van der Waals surface area contributed by atoms with Crippen molar-refractivity contribution in [2.45, 2.75) is 25.8 Å². The lowest BCUT2D eigenvalue weighted by Gasteiger charge is -2.17. The Morgan fingerprint density at radius 3 is 2.61 bits per heavy atom. The molecule has 44 heavy (non-hydrogen) atoms. The van der Waals surface area contributed by atoms with Crippen molar-refractivity contribution >= 4 is 39.6 Å². The molecule has 12 nitrogen and oxygen atoms in total. The molecule has 2 aromatic carbocycles. The maximum absolute atomic E-state index is 14.9. The van der Waals surface area contributed by atoms with Gasteiger partial charge in [0.1, 0.15) is 41.5 Å². The molecule has 2 N–H and O–H groups in total. The van der Waals surface area contributed by atoms with Crippen molar-refractivity contribution in [3.63, 3.8) is 0 Å². The van der Waals surface area contributed by atoms with Crippen LogP contribution < -0.4 is 24.8 Å². The van der Waals surface area contributed by atoms with Gasteiger partial charge in [-0.05, 0) is 63.2 Å². The van der Waals surface area contributed by atoms with Crippen LogP contribution in [0.2, 0.25) is 0 Å². The SMILES string of the molecule is COc1cc2ncnc(Nc3cc(C)c(Oc4ccn5ncnc5c4)cc3OC)c2cc1NC(=O)/C(F)=C\[C@@H]1CCCN1C. The summed E-state index contributed by atoms with van der Waals surface area (Å²) in [7, 11) is 4.94. The van der Waals surface area contributed by atoms with Gasteiger partial charge in [0.15, 0.2) is 11.5 Å². The molecule has 1 saturated heterocycles. The van der Waals surface area contributed by atoms with Crippen molar-refractivity contribution in [1.82, 2.24) is 29.5 Å². The number of carbonyl (C=O) groups excluding carboxylic acids is 1. The van der Waals surface area contributed by atoms with Crippen molar-refractivity contribution in [1.29, 1.82) is 0 Å². The summed E-state index contributed by atoms with van der Waals surface area (Å²) in [5.41, 5.74) is 2.95. The fraction of sp³-hybridized carbons (Fsp3) is 0.258. The number of anilines is 3. The van der Waals surface area contributed by atoms with E-state index in [1.807, 2.05) is 24.9 Å². The second-order valence-corrected chi connectivity index (χ2v) is 10.4. The molecule has 1 aliphatic rings. The van der Waals surface area contributed by atoms with Gasteiger partial charge < -0.3 is 24.8 Å². The van der Waals surface area contributed by atoms with E-state index in [0.717, 1.165) is 24.9 Å². The van der Waals surface area contributed by atoms with Gasteiger partial charge in [-0.25, -0.2) is 23.9 Å². The van der Waals surface area contributed by atoms with Crippen LogP contribution in [-0.2, 0) is 4.79 Å². The van der Waals surface area contributed by atoms with E-state index in [-0.39, 0.29) is 11.7 Å². The molecular weight excluding hydrogens is 567 g/mol. The van der Waals surface area contributed by atoms with Crippen molar-refractivity contribution in [3.05, 3.63) is 72.7 Å². The maximum atomic E-state index is 14.9. The normalized spacial score (nSPS) is 15.5.